The second-order valence-electron chi connectivity index (χ2n) is 10.9. The van der Waals surface area contributed by atoms with Gasteiger partial charge in [0.15, 0.2) is 0 Å². The second-order valence-corrected chi connectivity index (χ2v) is 13.2. The summed E-state index contributed by atoms with van der Waals surface area (Å²) in [5.74, 6) is -2.00. The molecular formula is C30H33ClN2O7S. The first kappa shape index (κ1) is 30.5. The third-order valence-corrected chi connectivity index (χ3v) is 8.77. The number of hydrogen-bond acceptors (Lipinski definition) is 7. The minimum atomic E-state index is -4.36. The Morgan fingerprint density at radius 3 is 2.39 bits per heavy atom. The highest BCUT2D eigenvalue weighted by Crippen LogP contribution is 2.29. The predicted octanol–water partition coefficient (Wildman–Crippen LogP) is 4.56. The van der Waals surface area contributed by atoms with Gasteiger partial charge in [-0.3, -0.25) is 9.59 Å². The lowest BCUT2D eigenvalue weighted by Gasteiger charge is -2.29. The number of hydrogen-bond donors (Lipinski definition) is 0. The molecule has 11 heteroatoms. The van der Waals surface area contributed by atoms with Crippen molar-refractivity contribution in [1.82, 2.24) is 9.21 Å². The van der Waals surface area contributed by atoms with E-state index in [1.54, 1.807) is 69.3 Å². The standard InChI is InChI=1S/C30H33ClN2O7S/c1-20(29(36)40-30(2,3)4)32-15-14-26(28(32)35)33(18-27(34)39-19-21-8-6-5-7-9-21)41(37,38)25-13-11-22-16-24(31)12-10-23(22)17-25/h5-13,16-17,20,26H,14-15,18-19H2,1-4H3/t20-,26-/m0/s1. The third-order valence-electron chi connectivity index (χ3n) is 6.68. The summed E-state index contributed by atoms with van der Waals surface area (Å²) in [5, 5.41) is 1.87. The Morgan fingerprint density at radius 1 is 1.05 bits per heavy atom. The molecule has 218 valence electrons. The molecule has 3 aromatic carbocycles. The fraction of sp³-hybridized carbons (Fsp3) is 0.367. The van der Waals surface area contributed by atoms with Crippen LogP contribution in [0.25, 0.3) is 10.8 Å². The molecule has 4 rings (SSSR count). The number of carbonyl (C=O) groups is 3. The number of fused-ring (bicyclic) bond motifs is 1. The van der Waals surface area contributed by atoms with Crippen LogP contribution in [0, 0.1) is 0 Å². The van der Waals surface area contributed by atoms with Crippen LogP contribution in [-0.4, -0.2) is 66.2 Å². The Hall–Kier alpha value is -3.47. The van der Waals surface area contributed by atoms with Crippen molar-refractivity contribution < 1.29 is 32.3 Å². The zero-order valence-corrected chi connectivity index (χ0v) is 24.9. The monoisotopic (exact) mass is 600 g/mol. The van der Waals surface area contributed by atoms with Gasteiger partial charge in [-0.1, -0.05) is 54.1 Å². The van der Waals surface area contributed by atoms with Gasteiger partial charge in [0.05, 0.1) is 4.90 Å². The van der Waals surface area contributed by atoms with E-state index < -0.39 is 52.1 Å². The largest absolute Gasteiger partial charge is 0.460 e. The maximum atomic E-state index is 14.0. The van der Waals surface area contributed by atoms with Gasteiger partial charge < -0.3 is 14.4 Å². The predicted molar refractivity (Wildman–Crippen MR) is 155 cm³/mol. The molecular weight excluding hydrogens is 568 g/mol. The summed E-state index contributed by atoms with van der Waals surface area (Å²) in [6.45, 7) is 6.09. The first-order valence-electron chi connectivity index (χ1n) is 13.2. The SMILES string of the molecule is C[C@@H](C(=O)OC(C)(C)C)N1CC[C@H](N(CC(=O)OCc2ccccc2)S(=O)(=O)c2ccc3cc(Cl)ccc3c2)C1=O. The van der Waals surface area contributed by atoms with Crippen molar-refractivity contribution in [2.45, 2.75) is 63.3 Å². The number of benzene rings is 3. The van der Waals surface area contributed by atoms with Gasteiger partial charge in [0.25, 0.3) is 0 Å². The number of sulfonamides is 1. The van der Waals surface area contributed by atoms with Crippen molar-refractivity contribution in [3.63, 3.8) is 0 Å². The lowest BCUT2D eigenvalue weighted by Crippen LogP contribution is -2.50. The molecule has 0 aromatic heterocycles. The summed E-state index contributed by atoms with van der Waals surface area (Å²) in [5.41, 5.74) is -0.0242. The molecule has 1 fully saturated rings. The van der Waals surface area contributed by atoms with Crippen LogP contribution in [0.1, 0.15) is 39.7 Å². The maximum absolute atomic E-state index is 14.0. The lowest BCUT2D eigenvalue weighted by atomic mass is 10.1. The summed E-state index contributed by atoms with van der Waals surface area (Å²) in [6.07, 6.45) is 0.0837. The van der Waals surface area contributed by atoms with E-state index in [2.05, 4.69) is 0 Å². The maximum Gasteiger partial charge on any atom is 0.329 e. The molecule has 1 saturated heterocycles. The normalized spacial score (nSPS) is 16.7. The van der Waals surface area contributed by atoms with E-state index >= 15 is 0 Å². The number of likely N-dealkylation sites (tertiary alicyclic amines) is 1. The van der Waals surface area contributed by atoms with Crippen LogP contribution in [-0.2, 0) is 40.5 Å². The molecule has 0 radical (unpaired) electrons. The minimum absolute atomic E-state index is 0.0509. The zero-order valence-electron chi connectivity index (χ0n) is 23.4. The summed E-state index contributed by atoms with van der Waals surface area (Å²) in [6, 6.07) is 16.4. The Kier molecular flexibility index (Phi) is 9.06. The molecule has 1 amide bonds. The van der Waals surface area contributed by atoms with Crippen LogP contribution >= 0.6 is 11.6 Å². The van der Waals surface area contributed by atoms with Crippen LogP contribution in [0.15, 0.2) is 71.6 Å². The number of nitrogens with zero attached hydrogens (tertiary/aromatic N) is 2. The van der Waals surface area contributed by atoms with Gasteiger partial charge in [-0.2, -0.15) is 4.31 Å². The average molecular weight is 601 g/mol. The van der Waals surface area contributed by atoms with E-state index in [1.807, 2.05) is 6.07 Å². The van der Waals surface area contributed by atoms with Crippen LogP contribution in [0.3, 0.4) is 0 Å². The molecule has 0 unspecified atom stereocenters. The third kappa shape index (κ3) is 7.25. The summed E-state index contributed by atoms with van der Waals surface area (Å²) < 4.78 is 39.7. The van der Waals surface area contributed by atoms with Crippen LogP contribution in [0.4, 0.5) is 0 Å². The number of halogens is 1. The van der Waals surface area contributed by atoms with E-state index in [4.69, 9.17) is 21.1 Å². The Balaban J connectivity index is 1.63. The van der Waals surface area contributed by atoms with Crippen molar-refractivity contribution in [3.05, 3.63) is 77.3 Å². The Bertz CT molecular complexity index is 1550. The molecule has 2 atom stereocenters. The fourth-order valence-electron chi connectivity index (χ4n) is 4.62. The first-order valence-corrected chi connectivity index (χ1v) is 15.0. The van der Waals surface area contributed by atoms with Crippen molar-refractivity contribution >= 4 is 50.2 Å². The molecule has 9 nitrogen and oxygen atoms in total. The Morgan fingerprint density at radius 2 is 1.71 bits per heavy atom. The summed E-state index contributed by atoms with van der Waals surface area (Å²) >= 11 is 6.08. The van der Waals surface area contributed by atoms with Crippen molar-refractivity contribution in [2.75, 3.05) is 13.1 Å². The molecule has 0 spiro atoms. The number of ether oxygens (including phenoxy) is 2. The number of rotatable bonds is 9. The van der Waals surface area contributed by atoms with Crippen LogP contribution in [0.5, 0.6) is 0 Å². The molecule has 0 aliphatic carbocycles. The van der Waals surface area contributed by atoms with Gasteiger partial charge in [0, 0.05) is 11.6 Å². The number of amides is 1. The number of esters is 2. The van der Waals surface area contributed by atoms with Gasteiger partial charge in [-0.15, -0.1) is 0 Å². The van der Waals surface area contributed by atoms with Crippen molar-refractivity contribution in [2.24, 2.45) is 0 Å². The molecule has 0 saturated carbocycles. The highest BCUT2D eigenvalue weighted by atomic mass is 35.5. The molecule has 0 N–H and O–H groups in total. The van der Waals surface area contributed by atoms with Crippen molar-refractivity contribution in [1.29, 1.82) is 0 Å². The topological polar surface area (TPSA) is 110 Å². The highest BCUT2D eigenvalue weighted by molar-refractivity contribution is 7.89. The van der Waals surface area contributed by atoms with E-state index in [0.29, 0.717) is 10.4 Å². The van der Waals surface area contributed by atoms with Gasteiger partial charge in [0.2, 0.25) is 15.9 Å². The number of carbonyl (C=O) groups excluding carboxylic acids is 3. The molecule has 3 aromatic rings. The van der Waals surface area contributed by atoms with Crippen molar-refractivity contribution in [3.8, 4) is 0 Å². The van der Waals surface area contributed by atoms with E-state index in [1.165, 1.54) is 24.0 Å². The van der Waals surface area contributed by atoms with Gasteiger partial charge >= 0.3 is 11.9 Å². The van der Waals surface area contributed by atoms with E-state index in [-0.39, 0.29) is 24.5 Å². The summed E-state index contributed by atoms with van der Waals surface area (Å²) in [7, 11) is -4.36. The molecule has 0 bridgehead atoms. The molecule has 1 aliphatic rings. The first-order chi connectivity index (χ1) is 19.3. The Labute approximate surface area is 245 Å². The van der Waals surface area contributed by atoms with Crippen LogP contribution < -0.4 is 0 Å². The molecule has 1 aliphatic heterocycles. The fourth-order valence-corrected chi connectivity index (χ4v) is 6.39. The molecule has 1 heterocycles. The van der Waals surface area contributed by atoms with Gasteiger partial charge in [-0.25, -0.2) is 13.2 Å². The highest BCUT2D eigenvalue weighted by Gasteiger charge is 2.46. The molecule has 41 heavy (non-hydrogen) atoms. The zero-order chi connectivity index (χ0) is 29.9. The van der Waals surface area contributed by atoms with E-state index in [9.17, 15) is 22.8 Å². The van der Waals surface area contributed by atoms with E-state index in [0.717, 1.165) is 15.3 Å². The smallest absolute Gasteiger partial charge is 0.329 e. The van der Waals surface area contributed by atoms with Gasteiger partial charge in [-0.05, 0) is 74.7 Å². The van der Waals surface area contributed by atoms with Gasteiger partial charge in [0.1, 0.15) is 30.8 Å². The lowest BCUT2D eigenvalue weighted by molar-refractivity contribution is -0.163. The summed E-state index contributed by atoms with van der Waals surface area (Å²) in [4.78, 5) is 40.5. The minimum Gasteiger partial charge on any atom is -0.460 e. The second kappa shape index (κ2) is 12.2. The van der Waals surface area contributed by atoms with Crippen LogP contribution in [0.2, 0.25) is 5.02 Å². The quantitative estimate of drug-likeness (QED) is 0.331. The average Bonchev–Trinajstić information content (AvgIpc) is 3.29.